The van der Waals surface area contributed by atoms with Crippen LogP contribution in [0.4, 0.5) is 5.69 Å². The van der Waals surface area contributed by atoms with Crippen molar-refractivity contribution in [2.75, 3.05) is 11.9 Å². The topological polar surface area (TPSA) is 29.3 Å². The molecule has 0 fully saturated rings. The number of hydrogen-bond acceptors (Lipinski definition) is 2. The maximum absolute atomic E-state index is 5.82. The van der Waals surface area contributed by atoms with Gasteiger partial charge in [-0.25, -0.2) is 0 Å². The maximum atomic E-state index is 5.82. The normalized spacial score (nSPS) is 10.5. The van der Waals surface area contributed by atoms with Gasteiger partial charge in [0, 0.05) is 30.3 Å². The van der Waals surface area contributed by atoms with Gasteiger partial charge in [0.15, 0.2) is 0 Å². The van der Waals surface area contributed by atoms with Crippen molar-refractivity contribution in [1.29, 1.82) is 0 Å². The summed E-state index contributed by atoms with van der Waals surface area (Å²) in [6.45, 7) is 3.59. The van der Waals surface area contributed by atoms with E-state index in [1.807, 2.05) is 6.07 Å². The van der Waals surface area contributed by atoms with Gasteiger partial charge in [0.2, 0.25) is 0 Å². The van der Waals surface area contributed by atoms with Crippen LogP contribution in [0.5, 0.6) is 0 Å². The van der Waals surface area contributed by atoms with Crippen molar-refractivity contribution in [1.82, 2.24) is 0 Å². The zero-order chi connectivity index (χ0) is 13.8. The Morgan fingerprint density at radius 3 is 2.53 bits per heavy atom. The van der Waals surface area contributed by atoms with E-state index in [2.05, 4.69) is 71.2 Å². The Balaban J connectivity index is 2.27. The molecule has 0 radical (unpaired) electrons. The molecule has 3 heteroatoms. The maximum Gasteiger partial charge on any atom is 0.0428 e. The monoisotopic (exact) mass is 318 g/mol. The van der Waals surface area contributed by atoms with E-state index in [-0.39, 0.29) is 0 Å². The molecule has 0 amide bonds. The summed E-state index contributed by atoms with van der Waals surface area (Å²) >= 11 is 3.53. The number of halogens is 1. The van der Waals surface area contributed by atoms with E-state index in [1.54, 1.807) is 0 Å². The van der Waals surface area contributed by atoms with Gasteiger partial charge in [0.1, 0.15) is 0 Å². The smallest absolute Gasteiger partial charge is 0.0428 e. The quantitative estimate of drug-likeness (QED) is 0.927. The summed E-state index contributed by atoms with van der Waals surface area (Å²) in [5.74, 6) is 0. The van der Waals surface area contributed by atoms with Crippen LogP contribution in [0.1, 0.15) is 16.7 Å². The molecule has 19 heavy (non-hydrogen) atoms. The molecule has 2 nitrogen and oxygen atoms in total. The minimum absolute atomic E-state index is 0.556. The molecule has 2 aromatic carbocycles. The highest BCUT2D eigenvalue weighted by Gasteiger charge is 2.09. The van der Waals surface area contributed by atoms with Crippen LogP contribution in [0.15, 0.2) is 46.9 Å². The van der Waals surface area contributed by atoms with Crippen LogP contribution in [0.3, 0.4) is 0 Å². The van der Waals surface area contributed by atoms with E-state index in [0.29, 0.717) is 6.54 Å². The predicted octanol–water partition coefficient (Wildman–Crippen LogP) is 3.85. The third kappa shape index (κ3) is 3.37. The zero-order valence-electron chi connectivity index (χ0n) is 11.4. The number of nitrogens with two attached hydrogens (primary N) is 1. The highest BCUT2D eigenvalue weighted by Crippen LogP contribution is 2.25. The second-order valence-corrected chi connectivity index (χ2v) is 5.68. The van der Waals surface area contributed by atoms with Crippen molar-refractivity contribution in [3.63, 3.8) is 0 Å². The van der Waals surface area contributed by atoms with Gasteiger partial charge < -0.3 is 10.6 Å². The summed E-state index contributed by atoms with van der Waals surface area (Å²) in [5, 5.41) is 0. The van der Waals surface area contributed by atoms with E-state index in [9.17, 15) is 0 Å². The molecular weight excluding hydrogens is 300 g/mol. The first-order valence-electron chi connectivity index (χ1n) is 6.36. The van der Waals surface area contributed by atoms with Gasteiger partial charge in [-0.3, -0.25) is 0 Å². The molecule has 0 aliphatic heterocycles. The molecule has 100 valence electrons. The Bertz CT molecular complexity index is 566. The van der Waals surface area contributed by atoms with Gasteiger partial charge in [-0.05, 0) is 35.7 Å². The van der Waals surface area contributed by atoms with E-state index in [0.717, 1.165) is 11.0 Å². The molecule has 0 spiro atoms. The number of anilines is 1. The minimum atomic E-state index is 0.556. The molecule has 2 aromatic rings. The number of rotatable bonds is 4. The van der Waals surface area contributed by atoms with Crippen molar-refractivity contribution in [2.45, 2.75) is 20.0 Å². The van der Waals surface area contributed by atoms with Crippen LogP contribution in [-0.2, 0) is 13.1 Å². The number of nitrogens with zero attached hydrogens (tertiary/aromatic N) is 1. The molecule has 0 atom stereocenters. The number of hydrogen-bond donors (Lipinski definition) is 1. The molecule has 0 saturated heterocycles. The van der Waals surface area contributed by atoms with Crippen LogP contribution in [-0.4, -0.2) is 7.05 Å². The first-order valence-corrected chi connectivity index (χ1v) is 7.15. The van der Waals surface area contributed by atoms with Crippen LogP contribution >= 0.6 is 15.9 Å². The summed E-state index contributed by atoms with van der Waals surface area (Å²) in [4.78, 5) is 2.25. The lowest BCUT2D eigenvalue weighted by Crippen LogP contribution is -2.19. The zero-order valence-corrected chi connectivity index (χ0v) is 12.9. The third-order valence-electron chi connectivity index (χ3n) is 3.35. The van der Waals surface area contributed by atoms with Crippen molar-refractivity contribution in [3.05, 3.63) is 63.6 Å². The summed E-state index contributed by atoms with van der Waals surface area (Å²) in [5.41, 5.74) is 10.8. The van der Waals surface area contributed by atoms with Gasteiger partial charge in [0.05, 0.1) is 0 Å². The van der Waals surface area contributed by atoms with Gasteiger partial charge in [0.25, 0.3) is 0 Å². The summed E-state index contributed by atoms with van der Waals surface area (Å²) < 4.78 is 1.08. The minimum Gasteiger partial charge on any atom is -0.370 e. The molecule has 0 bridgehead atoms. The highest BCUT2D eigenvalue weighted by molar-refractivity contribution is 9.10. The Labute approximate surface area is 123 Å². The van der Waals surface area contributed by atoms with E-state index in [1.165, 1.54) is 22.4 Å². The van der Waals surface area contributed by atoms with E-state index >= 15 is 0 Å². The molecule has 0 heterocycles. The SMILES string of the molecule is Cc1ccccc1CN(C)c1cc(Br)ccc1CN. The number of benzene rings is 2. The van der Waals surface area contributed by atoms with Crippen LogP contribution in [0, 0.1) is 6.92 Å². The third-order valence-corrected chi connectivity index (χ3v) is 3.84. The fourth-order valence-corrected chi connectivity index (χ4v) is 2.54. The van der Waals surface area contributed by atoms with Gasteiger partial charge in [-0.15, -0.1) is 0 Å². The van der Waals surface area contributed by atoms with Crippen molar-refractivity contribution in [2.24, 2.45) is 5.73 Å². The lowest BCUT2D eigenvalue weighted by atomic mass is 10.1. The lowest BCUT2D eigenvalue weighted by molar-refractivity contribution is 0.896. The van der Waals surface area contributed by atoms with Crippen LogP contribution < -0.4 is 10.6 Å². The summed E-state index contributed by atoms with van der Waals surface area (Å²) in [7, 11) is 2.10. The molecule has 2 N–H and O–H groups in total. The summed E-state index contributed by atoms with van der Waals surface area (Å²) in [6, 6.07) is 14.7. The first-order chi connectivity index (χ1) is 9.11. The Kier molecular flexibility index (Phi) is 4.61. The van der Waals surface area contributed by atoms with Crippen molar-refractivity contribution in [3.8, 4) is 0 Å². The number of aryl methyl sites for hydroxylation is 1. The van der Waals surface area contributed by atoms with Gasteiger partial charge in [-0.2, -0.15) is 0 Å². The molecule has 0 aliphatic rings. The fraction of sp³-hybridized carbons (Fsp3) is 0.250. The summed E-state index contributed by atoms with van der Waals surface area (Å²) in [6.07, 6.45) is 0. The molecule has 0 unspecified atom stereocenters. The molecule has 0 aromatic heterocycles. The Hall–Kier alpha value is -1.32. The predicted molar refractivity (Wildman–Crippen MR) is 85.3 cm³/mol. The first kappa shape index (κ1) is 14.1. The average molecular weight is 319 g/mol. The van der Waals surface area contributed by atoms with Crippen LogP contribution in [0.25, 0.3) is 0 Å². The van der Waals surface area contributed by atoms with Crippen molar-refractivity contribution < 1.29 is 0 Å². The molecular formula is C16H19BrN2. The molecule has 2 rings (SSSR count). The van der Waals surface area contributed by atoms with E-state index < -0.39 is 0 Å². The Morgan fingerprint density at radius 1 is 1.11 bits per heavy atom. The van der Waals surface area contributed by atoms with E-state index in [4.69, 9.17) is 5.73 Å². The van der Waals surface area contributed by atoms with Crippen molar-refractivity contribution >= 4 is 21.6 Å². The second kappa shape index (κ2) is 6.22. The molecule has 0 saturated carbocycles. The van der Waals surface area contributed by atoms with Gasteiger partial charge >= 0.3 is 0 Å². The largest absolute Gasteiger partial charge is 0.370 e. The lowest BCUT2D eigenvalue weighted by Gasteiger charge is -2.23. The Morgan fingerprint density at radius 2 is 1.84 bits per heavy atom. The average Bonchev–Trinajstić information content (AvgIpc) is 2.41. The molecule has 0 aliphatic carbocycles. The van der Waals surface area contributed by atoms with Gasteiger partial charge in [-0.1, -0.05) is 46.3 Å². The van der Waals surface area contributed by atoms with Crippen LogP contribution in [0.2, 0.25) is 0 Å². The second-order valence-electron chi connectivity index (χ2n) is 4.76. The highest BCUT2D eigenvalue weighted by atomic mass is 79.9. The fourth-order valence-electron chi connectivity index (χ4n) is 2.19. The standard InChI is InChI=1S/C16H19BrN2/c1-12-5-3-4-6-14(12)11-19(2)16-9-15(17)8-7-13(16)10-18/h3-9H,10-11,18H2,1-2H3.